The summed E-state index contributed by atoms with van der Waals surface area (Å²) in [6.07, 6.45) is 0. The number of hydrogen-bond acceptors (Lipinski definition) is 2. The quantitative estimate of drug-likeness (QED) is 0.517. The van der Waals surface area contributed by atoms with E-state index < -0.39 is 0 Å². The standard InChI is InChI=1S/CHN3.Pt/c1-3-4-2;/h4H;. The zero-order valence-electron chi connectivity index (χ0n) is 2.21. The normalized spacial score (nSPS) is 5.00. The summed E-state index contributed by atoms with van der Waals surface area (Å²) in [6, 6.07) is 0. The monoisotopic (exact) mass is 250 g/mol. The number of nitrogens with one attached hydrogen (secondary N) is 1. The van der Waals surface area contributed by atoms with E-state index in [-0.39, 0.29) is 0 Å². The molecule has 0 heterocycles. The molecule has 0 radical (unpaired) electrons. The Hall–Kier alpha value is -0.222. The van der Waals surface area contributed by atoms with E-state index in [1.807, 2.05) is 5.53 Å². The van der Waals surface area contributed by atoms with Gasteiger partial charge in [-0.1, -0.05) is 0 Å². The summed E-state index contributed by atoms with van der Waals surface area (Å²) >= 11 is 1.67. The molecule has 0 aliphatic rings. The van der Waals surface area contributed by atoms with Crippen LogP contribution in [0.25, 0.3) is 4.95 Å². The molecule has 0 aromatic rings. The van der Waals surface area contributed by atoms with E-state index in [9.17, 15) is 0 Å². The van der Waals surface area contributed by atoms with Gasteiger partial charge in [0.15, 0.2) is 0 Å². The third-order valence-corrected chi connectivity index (χ3v) is 0.309. The molecule has 0 amide bonds. The van der Waals surface area contributed by atoms with Crippen molar-refractivity contribution in [3.8, 4) is 0 Å². The molecule has 1 N–H and O–H groups in total. The third kappa shape index (κ3) is 3.78. The second kappa shape index (κ2) is 3.78. The Kier molecular flexibility index (Phi) is 3.61. The van der Waals surface area contributed by atoms with Gasteiger partial charge in [0.25, 0.3) is 0 Å². The van der Waals surface area contributed by atoms with Gasteiger partial charge in [0.1, 0.15) is 0 Å². The van der Waals surface area contributed by atoms with Crippen molar-refractivity contribution in [3.05, 3.63) is 11.5 Å². The summed E-state index contributed by atoms with van der Waals surface area (Å²) in [5.41, 5.74) is 2.02. The molecular weight excluding hydrogens is 249 g/mol. The van der Waals surface area contributed by atoms with Crippen LogP contribution < -0.4 is 5.53 Å². The molecule has 0 bridgehead atoms. The summed E-state index contributed by atoms with van der Waals surface area (Å²) in [5.74, 6) is 0. The molecular formula is CHN3Pt. The minimum absolute atomic E-state index is 1.67. The van der Waals surface area contributed by atoms with Crippen LogP contribution in [0.4, 0.5) is 0 Å². The SMILES string of the molecule is [C-]#[N+]N[N]=[Pt]. The molecule has 0 unspecified atom stereocenters. The molecule has 4 heteroatoms. The van der Waals surface area contributed by atoms with Gasteiger partial charge in [0.05, 0.1) is 0 Å². The van der Waals surface area contributed by atoms with Crippen LogP contribution >= 0.6 is 0 Å². The minimum atomic E-state index is 1.67. The van der Waals surface area contributed by atoms with Crippen molar-refractivity contribution in [3.63, 3.8) is 0 Å². The van der Waals surface area contributed by atoms with Gasteiger partial charge in [-0.25, -0.2) is 0 Å². The predicted molar refractivity (Wildman–Crippen MR) is 12.2 cm³/mol. The maximum atomic E-state index is 6.02. The van der Waals surface area contributed by atoms with Gasteiger partial charge < -0.3 is 0 Å². The van der Waals surface area contributed by atoms with E-state index >= 15 is 0 Å². The van der Waals surface area contributed by atoms with Crippen LogP contribution in [0.2, 0.25) is 0 Å². The Morgan fingerprint density at radius 2 is 2.60 bits per heavy atom. The van der Waals surface area contributed by atoms with Gasteiger partial charge in [-0.3, -0.25) is 0 Å². The van der Waals surface area contributed by atoms with Crippen LogP contribution in [0.1, 0.15) is 0 Å². The topological polar surface area (TPSA) is 28.8 Å². The van der Waals surface area contributed by atoms with Crippen LogP contribution in [0, 0.1) is 6.57 Å². The maximum absolute atomic E-state index is 6.02. The number of nitrogens with zero attached hydrogens (tertiary/aromatic N) is 2. The average Bonchev–Trinajstić information content (AvgIpc) is 1.41. The van der Waals surface area contributed by atoms with Gasteiger partial charge >= 0.3 is 40.3 Å². The molecule has 0 saturated carbocycles. The first-order valence-electron chi connectivity index (χ1n) is 0.812. The van der Waals surface area contributed by atoms with Gasteiger partial charge in [-0.05, 0) is 0 Å². The van der Waals surface area contributed by atoms with Crippen LogP contribution in [-0.2, 0) is 19.6 Å². The molecule has 0 aliphatic heterocycles. The molecule has 5 heavy (non-hydrogen) atoms. The fourth-order valence-electron chi connectivity index (χ4n) is 0.0158. The van der Waals surface area contributed by atoms with Crippen molar-refractivity contribution >= 4 is 0 Å². The van der Waals surface area contributed by atoms with Crippen LogP contribution in [-0.4, -0.2) is 0 Å². The van der Waals surface area contributed by atoms with E-state index in [4.69, 9.17) is 6.57 Å². The van der Waals surface area contributed by atoms with E-state index in [1.54, 1.807) is 19.6 Å². The first-order chi connectivity index (χ1) is 2.41. The van der Waals surface area contributed by atoms with Crippen molar-refractivity contribution in [2.75, 3.05) is 0 Å². The summed E-state index contributed by atoms with van der Waals surface area (Å²) in [7, 11) is 0. The number of rotatable bonds is 1. The summed E-state index contributed by atoms with van der Waals surface area (Å²) < 4.78 is 3.22. The molecule has 0 atom stereocenters. The summed E-state index contributed by atoms with van der Waals surface area (Å²) in [4.78, 5) is 2.68. The molecule has 0 fully saturated rings. The Labute approximate surface area is 40.9 Å². The van der Waals surface area contributed by atoms with Crippen LogP contribution in [0.3, 0.4) is 0 Å². The van der Waals surface area contributed by atoms with Crippen molar-refractivity contribution in [2.45, 2.75) is 0 Å². The fourth-order valence-corrected chi connectivity index (χ4v) is 0.129. The molecule has 30 valence electrons. The van der Waals surface area contributed by atoms with Crippen LogP contribution in [0.15, 0.2) is 3.60 Å². The van der Waals surface area contributed by atoms with Crippen molar-refractivity contribution in [1.82, 2.24) is 5.53 Å². The Morgan fingerprint density at radius 1 is 2.00 bits per heavy atom. The first-order valence-corrected chi connectivity index (χ1v) is 1.83. The Balaban J connectivity index is 2.75. The molecule has 0 aromatic heterocycles. The molecule has 0 spiro atoms. The second-order valence-corrected chi connectivity index (χ2v) is 0.791. The van der Waals surface area contributed by atoms with Gasteiger partial charge in [0, 0.05) is 0 Å². The fraction of sp³-hybridized carbons (Fsp3) is 0. The van der Waals surface area contributed by atoms with Gasteiger partial charge in [-0.2, -0.15) is 0 Å². The van der Waals surface area contributed by atoms with Crippen molar-refractivity contribution in [2.24, 2.45) is 3.60 Å². The first kappa shape index (κ1) is 4.78. The van der Waals surface area contributed by atoms with Crippen LogP contribution in [0.5, 0.6) is 0 Å². The average molecular weight is 250 g/mol. The van der Waals surface area contributed by atoms with E-state index in [0.717, 1.165) is 0 Å². The van der Waals surface area contributed by atoms with Crippen molar-refractivity contribution < 1.29 is 19.6 Å². The Bertz CT molecular complexity index is 61.8. The molecule has 0 rings (SSSR count). The number of hydrogen-bond donors (Lipinski definition) is 1. The van der Waals surface area contributed by atoms with Gasteiger partial charge in [0.2, 0.25) is 0 Å². The molecule has 0 aromatic carbocycles. The zero-order chi connectivity index (χ0) is 4.12. The molecule has 0 saturated heterocycles. The molecule has 0 aliphatic carbocycles. The second-order valence-electron chi connectivity index (χ2n) is 0.283. The molecule has 3 nitrogen and oxygen atoms in total. The van der Waals surface area contributed by atoms with Crippen molar-refractivity contribution in [1.29, 1.82) is 0 Å². The summed E-state index contributed by atoms with van der Waals surface area (Å²) in [5, 5.41) is 0. The Morgan fingerprint density at radius 3 is 2.60 bits per heavy atom. The third-order valence-electron chi connectivity index (χ3n) is 0.0816. The van der Waals surface area contributed by atoms with E-state index in [1.165, 1.54) is 0 Å². The van der Waals surface area contributed by atoms with Gasteiger partial charge in [-0.15, -0.1) is 0 Å². The van der Waals surface area contributed by atoms with E-state index in [2.05, 4.69) is 8.56 Å². The van der Waals surface area contributed by atoms with E-state index in [0.29, 0.717) is 0 Å². The predicted octanol–water partition coefficient (Wildman–Crippen LogP) is 0.0557. The summed E-state index contributed by atoms with van der Waals surface area (Å²) in [6.45, 7) is 6.02. The zero-order valence-corrected chi connectivity index (χ0v) is 4.48.